The Bertz CT molecular complexity index is 790. The Balaban J connectivity index is 2.13. The molecule has 0 aliphatic carbocycles. The summed E-state index contributed by atoms with van der Waals surface area (Å²) in [6, 6.07) is 14.6. The van der Waals surface area contributed by atoms with Crippen LogP contribution in [0.15, 0.2) is 48.5 Å². The zero-order valence-electron chi connectivity index (χ0n) is 16.9. The molecule has 0 saturated heterocycles. The van der Waals surface area contributed by atoms with Gasteiger partial charge >= 0.3 is 11.8 Å². The van der Waals surface area contributed by atoms with Crippen LogP contribution in [0.3, 0.4) is 0 Å². The van der Waals surface area contributed by atoms with E-state index >= 15 is 0 Å². The molecule has 28 heavy (non-hydrogen) atoms. The van der Waals surface area contributed by atoms with Gasteiger partial charge in [-0.05, 0) is 45.4 Å². The average Bonchev–Trinajstić information content (AvgIpc) is 2.68. The summed E-state index contributed by atoms with van der Waals surface area (Å²) in [6.07, 6.45) is 0. The maximum atomic E-state index is 12.7. The predicted molar refractivity (Wildman–Crippen MR) is 110 cm³/mol. The van der Waals surface area contributed by atoms with Gasteiger partial charge in [-0.25, -0.2) is 0 Å². The van der Waals surface area contributed by atoms with Crippen LogP contribution in [-0.4, -0.2) is 36.0 Å². The summed E-state index contributed by atoms with van der Waals surface area (Å²) in [5.41, 5.74) is 1.45. The van der Waals surface area contributed by atoms with Crippen molar-refractivity contribution in [1.29, 1.82) is 0 Å². The Labute approximate surface area is 166 Å². The van der Waals surface area contributed by atoms with Crippen LogP contribution in [0, 0.1) is 0 Å². The molecule has 0 bridgehead atoms. The highest BCUT2D eigenvalue weighted by Gasteiger charge is 2.24. The molecule has 0 unspecified atom stereocenters. The fourth-order valence-electron chi connectivity index (χ4n) is 2.71. The molecule has 6 heteroatoms. The number of carbonyl (C=O) groups is 2. The molecule has 0 saturated carbocycles. The van der Waals surface area contributed by atoms with Crippen molar-refractivity contribution in [3.05, 3.63) is 54.1 Å². The van der Waals surface area contributed by atoms with Crippen molar-refractivity contribution in [1.82, 2.24) is 4.90 Å². The maximum Gasteiger partial charge on any atom is 0.313 e. The van der Waals surface area contributed by atoms with Crippen molar-refractivity contribution in [3.8, 4) is 11.5 Å². The van der Waals surface area contributed by atoms with Gasteiger partial charge in [0.2, 0.25) is 0 Å². The fourth-order valence-corrected chi connectivity index (χ4v) is 2.71. The van der Waals surface area contributed by atoms with Gasteiger partial charge in [-0.2, -0.15) is 0 Å². The number of nitrogens with one attached hydrogen (secondary N) is 1. The zero-order valence-corrected chi connectivity index (χ0v) is 16.9. The first-order chi connectivity index (χ1) is 13.5. The Morgan fingerprint density at radius 1 is 0.964 bits per heavy atom. The van der Waals surface area contributed by atoms with Crippen molar-refractivity contribution in [3.63, 3.8) is 0 Å². The van der Waals surface area contributed by atoms with Gasteiger partial charge in [0, 0.05) is 24.3 Å². The van der Waals surface area contributed by atoms with Gasteiger partial charge in [0.15, 0.2) is 11.5 Å². The van der Waals surface area contributed by atoms with Crippen molar-refractivity contribution in [2.75, 3.05) is 18.5 Å². The lowest BCUT2D eigenvalue weighted by atomic mass is 10.2. The van der Waals surface area contributed by atoms with Crippen molar-refractivity contribution < 1.29 is 19.1 Å². The first kappa shape index (κ1) is 21.3. The summed E-state index contributed by atoms with van der Waals surface area (Å²) in [4.78, 5) is 26.8. The van der Waals surface area contributed by atoms with E-state index in [9.17, 15) is 9.59 Å². The van der Waals surface area contributed by atoms with Gasteiger partial charge in [-0.1, -0.05) is 30.3 Å². The second-order valence-electron chi connectivity index (χ2n) is 6.49. The second-order valence-corrected chi connectivity index (χ2v) is 6.49. The number of nitrogens with zero attached hydrogens (tertiary/aromatic N) is 1. The van der Waals surface area contributed by atoms with Crippen LogP contribution in [0.25, 0.3) is 0 Å². The Hall–Kier alpha value is -3.02. The molecule has 2 amide bonds. The molecule has 6 nitrogen and oxygen atoms in total. The number of rotatable bonds is 8. The minimum absolute atomic E-state index is 0.113. The van der Waals surface area contributed by atoms with Crippen LogP contribution in [0.2, 0.25) is 0 Å². The molecule has 0 radical (unpaired) electrons. The van der Waals surface area contributed by atoms with Crippen LogP contribution in [0.1, 0.15) is 33.3 Å². The van der Waals surface area contributed by atoms with Crippen molar-refractivity contribution in [2.24, 2.45) is 0 Å². The van der Waals surface area contributed by atoms with Gasteiger partial charge in [-0.15, -0.1) is 0 Å². The van der Waals surface area contributed by atoms with Crippen LogP contribution in [0.5, 0.6) is 11.5 Å². The van der Waals surface area contributed by atoms with Crippen molar-refractivity contribution in [2.45, 2.75) is 40.3 Å². The van der Waals surface area contributed by atoms with E-state index in [0.29, 0.717) is 36.9 Å². The number of amides is 2. The third-order valence-corrected chi connectivity index (χ3v) is 4.08. The number of ether oxygens (including phenoxy) is 2. The predicted octanol–water partition coefficient (Wildman–Crippen LogP) is 3.86. The quantitative estimate of drug-likeness (QED) is 0.702. The third kappa shape index (κ3) is 5.74. The van der Waals surface area contributed by atoms with E-state index < -0.39 is 11.8 Å². The highest BCUT2D eigenvalue weighted by atomic mass is 16.5. The van der Waals surface area contributed by atoms with Gasteiger partial charge in [0.25, 0.3) is 0 Å². The van der Waals surface area contributed by atoms with Crippen LogP contribution >= 0.6 is 0 Å². The Kier molecular flexibility index (Phi) is 7.87. The highest BCUT2D eigenvalue weighted by Crippen LogP contribution is 2.30. The second kappa shape index (κ2) is 10.3. The number of anilines is 1. The van der Waals surface area contributed by atoms with Crippen LogP contribution in [-0.2, 0) is 16.1 Å². The summed E-state index contributed by atoms with van der Waals surface area (Å²) in [5.74, 6) is -0.136. The zero-order chi connectivity index (χ0) is 20.5. The van der Waals surface area contributed by atoms with Gasteiger partial charge in [-0.3, -0.25) is 9.59 Å². The summed E-state index contributed by atoms with van der Waals surface area (Å²) in [5, 5.41) is 2.67. The van der Waals surface area contributed by atoms with E-state index in [2.05, 4.69) is 5.32 Å². The third-order valence-electron chi connectivity index (χ3n) is 4.08. The van der Waals surface area contributed by atoms with Crippen LogP contribution in [0.4, 0.5) is 5.69 Å². The normalized spacial score (nSPS) is 10.5. The van der Waals surface area contributed by atoms with E-state index in [0.717, 1.165) is 5.56 Å². The highest BCUT2D eigenvalue weighted by molar-refractivity contribution is 6.39. The lowest BCUT2D eigenvalue weighted by Crippen LogP contribution is -2.43. The molecule has 0 aliphatic rings. The molecule has 2 aromatic rings. The van der Waals surface area contributed by atoms with Crippen LogP contribution < -0.4 is 14.8 Å². The molecular formula is C22H28N2O4. The van der Waals surface area contributed by atoms with E-state index in [1.54, 1.807) is 23.1 Å². The largest absolute Gasteiger partial charge is 0.490 e. The molecule has 2 rings (SSSR count). The molecule has 0 fully saturated rings. The molecule has 0 aromatic heterocycles. The van der Waals surface area contributed by atoms with Gasteiger partial charge in [0.05, 0.1) is 13.2 Å². The number of benzene rings is 2. The maximum absolute atomic E-state index is 12.7. The molecule has 0 aliphatic heterocycles. The Morgan fingerprint density at radius 2 is 1.61 bits per heavy atom. The summed E-state index contributed by atoms with van der Waals surface area (Å²) in [7, 11) is 0. The molecular weight excluding hydrogens is 356 g/mol. The van der Waals surface area contributed by atoms with Gasteiger partial charge < -0.3 is 19.7 Å². The molecule has 0 heterocycles. The molecule has 0 spiro atoms. The first-order valence-electron chi connectivity index (χ1n) is 9.51. The molecule has 150 valence electrons. The van der Waals surface area contributed by atoms with E-state index in [1.807, 2.05) is 58.0 Å². The fraction of sp³-hybridized carbons (Fsp3) is 0.364. The lowest BCUT2D eigenvalue weighted by molar-refractivity contribution is -0.144. The number of hydrogen-bond donors (Lipinski definition) is 1. The SMILES string of the molecule is CCOc1ccc(NC(=O)C(=O)N(Cc2ccccc2)C(C)C)cc1OCC. The molecule has 1 N–H and O–H groups in total. The number of hydrogen-bond acceptors (Lipinski definition) is 4. The summed E-state index contributed by atoms with van der Waals surface area (Å²) >= 11 is 0. The summed E-state index contributed by atoms with van der Waals surface area (Å²) < 4.78 is 11.1. The Morgan fingerprint density at radius 3 is 2.21 bits per heavy atom. The monoisotopic (exact) mass is 384 g/mol. The van der Waals surface area contributed by atoms with E-state index in [-0.39, 0.29) is 6.04 Å². The first-order valence-corrected chi connectivity index (χ1v) is 9.51. The van der Waals surface area contributed by atoms with Crippen molar-refractivity contribution >= 4 is 17.5 Å². The average molecular weight is 384 g/mol. The van der Waals surface area contributed by atoms with E-state index in [1.165, 1.54) is 0 Å². The topological polar surface area (TPSA) is 67.9 Å². The summed E-state index contributed by atoms with van der Waals surface area (Å²) in [6.45, 7) is 8.88. The molecule has 0 atom stereocenters. The number of carbonyl (C=O) groups excluding carboxylic acids is 2. The lowest BCUT2D eigenvalue weighted by Gasteiger charge is -2.26. The van der Waals surface area contributed by atoms with Gasteiger partial charge in [0.1, 0.15) is 0 Å². The molecule has 2 aromatic carbocycles. The van der Waals surface area contributed by atoms with E-state index in [4.69, 9.17) is 9.47 Å². The minimum atomic E-state index is -0.684. The minimum Gasteiger partial charge on any atom is -0.490 e. The standard InChI is InChI=1S/C22H28N2O4/c1-5-27-19-13-12-18(14-20(19)28-6-2)23-21(25)22(26)24(16(3)4)15-17-10-8-7-9-11-17/h7-14,16H,5-6,15H2,1-4H3,(H,23,25). The smallest absolute Gasteiger partial charge is 0.313 e.